The molecule has 2 aromatic carbocycles. The number of methoxy groups -OCH3 is 1. The van der Waals surface area contributed by atoms with Crippen LogP contribution in [0.25, 0.3) is 0 Å². The third-order valence-corrected chi connectivity index (χ3v) is 7.21. The normalized spacial score (nSPS) is 13.8. The lowest BCUT2D eigenvalue weighted by molar-refractivity contribution is -0.123. The Kier molecular flexibility index (Phi) is 10.5. The first-order valence-electron chi connectivity index (χ1n) is 11.7. The maximum atomic E-state index is 13.4. The van der Waals surface area contributed by atoms with Crippen molar-refractivity contribution in [3.63, 3.8) is 0 Å². The summed E-state index contributed by atoms with van der Waals surface area (Å²) >= 11 is 0. The first-order chi connectivity index (χ1) is 16.0. The zero-order valence-electron chi connectivity index (χ0n) is 20.8. The van der Waals surface area contributed by atoms with E-state index in [0.29, 0.717) is 18.6 Å². The van der Waals surface area contributed by atoms with Gasteiger partial charge in [0.2, 0.25) is 15.9 Å². The first kappa shape index (κ1) is 27.8. The molecule has 7 nitrogen and oxygen atoms in total. The number of amides is 1. The van der Waals surface area contributed by atoms with Crippen LogP contribution in [-0.4, -0.2) is 56.1 Å². The van der Waals surface area contributed by atoms with E-state index in [4.69, 9.17) is 4.74 Å². The maximum absolute atomic E-state index is 13.4. The molecule has 8 heteroatoms. The molecule has 0 aliphatic rings. The number of carbonyl (C=O) groups is 1. The molecule has 0 aromatic heterocycles. The average molecular weight is 491 g/mol. The van der Waals surface area contributed by atoms with Gasteiger partial charge in [0.25, 0.3) is 0 Å². The predicted octanol–water partition coefficient (Wildman–Crippen LogP) is 3.48. The Balaban J connectivity index is 2.29. The molecule has 0 heterocycles. The van der Waals surface area contributed by atoms with Crippen molar-refractivity contribution in [2.75, 3.05) is 20.2 Å². The molecule has 0 radical (unpaired) electrons. The molecule has 2 rings (SSSR count). The third kappa shape index (κ3) is 8.42. The molecule has 0 spiro atoms. The smallest absolute Gasteiger partial charge is 0.243 e. The van der Waals surface area contributed by atoms with Gasteiger partial charge in [-0.1, -0.05) is 58.0 Å². The van der Waals surface area contributed by atoms with Gasteiger partial charge in [-0.2, -0.15) is 4.31 Å². The van der Waals surface area contributed by atoms with E-state index in [2.05, 4.69) is 5.32 Å². The number of nitrogens with one attached hydrogen (secondary N) is 1. The number of hydrogen-bond acceptors (Lipinski definition) is 5. The zero-order valence-corrected chi connectivity index (χ0v) is 21.6. The Morgan fingerprint density at radius 2 is 1.59 bits per heavy atom. The molecule has 2 atom stereocenters. The summed E-state index contributed by atoms with van der Waals surface area (Å²) in [5.41, 5.74) is 0.949. The van der Waals surface area contributed by atoms with Crippen LogP contribution in [0.15, 0.2) is 59.5 Å². The Morgan fingerprint density at radius 1 is 0.971 bits per heavy atom. The number of hydrogen-bond donors (Lipinski definition) is 2. The highest BCUT2D eigenvalue weighted by molar-refractivity contribution is 7.89. The second-order valence-electron chi connectivity index (χ2n) is 9.42. The van der Waals surface area contributed by atoms with E-state index in [9.17, 15) is 18.3 Å². The van der Waals surface area contributed by atoms with Crippen molar-refractivity contribution in [3.05, 3.63) is 60.2 Å². The quantitative estimate of drug-likeness (QED) is 0.448. The molecule has 34 heavy (non-hydrogen) atoms. The highest BCUT2D eigenvalue weighted by Gasteiger charge is 2.31. The van der Waals surface area contributed by atoms with Crippen LogP contribution >= 0.6 is 0 Å². The van der Waals surface area contributed by atoms with E-state index in [1.807, 2.05) is 58.0 Å². The molecule has 0 aliphatic carbocycles. The van der Waals surface area contributed by atoms with Crippen LogP contribution in [0, 0.1) is 11.8 Å². The van der Waals surface area contributed by atoms with Crippen LogP contribution in [0.4, 0.5) is 0 Å². The summed E-state index contributed by atoms with van der Waals surface area (Å²) in [4.78, 5) is 12.7. The van der Waals surface area contributed by atoms with Crippen molar-refractivity contribution in [1.82, 2.24) is 9.62 Å². The molecule has 0 fully saturated rings. The largest absolute Gasteiger partial charge is 0.497 e. The van der Waals surface area contributed by atoms with E-state index >= 15 is 0 Å². The van der Waals surface area contributed by atoms with Gasteiger partial charge < -0.3 is 15.2 Å². The van der Waals surface area contributed by atoms with E-state index < -0.39 is 22.2 Å². The lowest BCUT2D eigenvalue weighted by Crippen LogP contribution is -2.51. The number of nitrogens with zero attached hydrogens (tertiary/aromatic N) is 1. The van der Waals surface area contributed by atoms with Gasteiger partial charge in [-0.25, -0.2) is 8.42 Å². The van der Waals surface area contributed by atoms with Gasteiger partial charge in [0, 0.05) is 19.5 Å². The van der Waals surface area contributed by atoms with E-state index in [1.54, 1.807) is 12.1 Å². The molecule has 0 bridgehead atoms. The van der Waals surface area contributed by atoms with Gasteiger partial charge in [0.15, 0.2) is 0 Å². The van der Waals surface area contributed by atoms with Crippen molar-refractivity contribution < 1.29 is 23.1 Å². The molecule has 0 saturated heterocycles. The van der Waals surface area contributed by atoms with Crippen LogP contribution in [0.3, 0.4) is 0 Å². The molecule has 0 aliphatic heterocycles. The molecule has 0 saturated carbocycles. The molecule has 2 N–H and O–H groups in total. The lowest BCUT2D eigenvalue weighted by atomic mass is 10.00. The zero-order chi connectivity index (χ0) is 25.3. The van der Waals surface area contributed by atoms with E-state index in [1.165, 1.54) is 23.5 Å². The number of ether oxygens (including phenoxy) is 1. The van der Waals surface area contributed by atoms with E-state index in [0.717, 1.165) is 5.56 Å². The van der Waals surface area contributed by atoms with Crippen molar-refractivity contribution in [1.29, 1.82) is 0 Å². The highest BCUT2D eigenvalue weighted by Crippen LogP contribution is 2.21. The van der Waals surface area contributed by atoms with Crippen LogP contribution in [-0.2, 0) is 21.2 Å². The molecule has 1 amide bonds. The van der Waals surface area contributed by atoms with Crippen LogP contribution in [0.5, 0.6) is 5.75 Å². The van der Waals surface area contributed by atoms with Crippen LogP contribution in [0.1, 0.15) is 39.7 Å². The van der Waals surface area contributed by atoms with E-state index in [-0.39, 0.29) is 35.7 Å². The van der Waals surface area contributed by atoms with Gasteiger partial charge >= 0.3 is 0 Å². The number of rotatable bonds is 13. The van der Waals surface area contributed by atoms with Gasteiger partial charge in [-0.3, -0.25) is 4.79 Å². The predicted molar refractivity (Wildman–Crippen MR) is 134 cm³/mol. The van der Waals surface area contributed by atoms with Crippen molar-refractivity contribution in [2.24, 2.45) is 11.8 Å². The van der Waals surface area contributed by atoms with Crippen molar-refractivity contribution >= 4 is 15.9 Å². The van der Waals surface area contributed by atoms with Gasteiger partial charge in [0.05, 0.1) is 24.2 Å². The fourth-order valence-corrected chi connectivity index (χ4v) is 5.32. The Bertz CT molecular complexity index is 992. The number of sulfonamides is 1. The van der Waals surface area contributed by atoms with Crippen LogP contribution < -0.4 is 10.1 Å². The second-order valence-corrected chi connectivity index (χ2v) is 11.4. The average Bonchev–Trinajstić information content (AvgIpc) is 2.78. The summed E-state index contributed by atoms with van der Waals surface area (Å²) in [6, 6.07) is 15.1. The summed E-state index contributed by atoms with van der Waals surface area (Å²) in [7, 11) is -2.35. The standard InChI is InChI=1S/C26H38N2O5S/c1-19(2)15-26(30)27-24(16-21-9-7-6-8-10-21)25(29)18-28(17-20(3)4)34(31,32)23-13-11-22(33-5)12-14-23/h6-14,19-20,24-25,29H,15-18H2,1-5H3,(H,27,30)/t24-,25+/m0/s1. The third-order valence-electron chi connectivity index (χ3n) is 5.36. The van der Waals surface area contributed by atoms with Gasteiger partial charge in [0.1, 0.15) is 5.75 Å². The molecule has 0 unspecified atom stereocenters. The molecular weight excluding hydrogens is 452 g/mol. The summed E-state index contributed by atoms with van der Waals surface area (Å²) in [6.07, 6.45) is -0.370. The Labute approximate surface area is 204 Å². The Morgan fingerprint density at radius 3 is 2.12 bits per heavy atom. The SMILES string of the molecule is COc1ccc(S(=O)(=O)N(CC(C)C)C[C@@H](O)[C@H](Cc2ccccc2)NC(=O)CC(C)C)cc1. The number of aliphatic hydroxyl groups is 1. The van der Waals surface area contributed by atoms with Crippen molar-refractivity contribution in [3.8, 4) is 5.75 Å². The fourth-order valence-electron chi connectivity index (χ4n) is 3.70. The minimum absolute atomic E-state index is 0.0447. The minimum atomic E-state index is -3.86. The summed E-state index contributed by atoms with van der Waals surface area (Å²) in [5.74, 6) is 0.610. The maximum Gasteiger partial charge on any atom is 0.243 e. The first-order valence-corrected chi connectivity index (χ1v) is 13.1. The monoisotopic (exact) mass is 490 g/mol. The Hall–Kier alpha value is -2.42. The summed E-state index contributed by atoms with van der Waals surface area (Å²) in [6.45, 7) is 7.86. The minimum Gasteiger partial charge on any atom is -0.497 e. The number of aliphatic hydroxyl groups excluding tert-OH is 1. The summed E-state index contributed by atoms with van der Waals surface area (Å²) < 4.78 is 33.3. The lowest BCUT2D eigenvalue weighted by Gasteiger charge is -2.31. The van der Waals surface area contributed by atoms with Gasteiger partial charge in [-0.05, 0) is 48.1 Å². The number of carbonyl (C=O) groups excluding carboxylic acids is 1. The van der Waals surface area contributed by atoms with Crippen LogP contribution in [0.2, 0.25) is 0 Å². The van der Waals surface area contributed by atoms with Gasteiger partial charge in [-0.15, -0.1) is 0 Å². The molecule has 2 aromatic rings. The van der Waals surface area contributed by atoms with Crippen molar-refractivity contribution in [2.45, 2.75) is 57.6 Å². The second kappa shape index (κ2) is 12.9. The highest BCUT2D eigenvalue weighted by atomic mass is 32.2. The molecular formula is C26H38N2O5S. The molecule has 188 valence electrons. The topological polar surface area (TPSA) is 95.9 Å². The summed E-state index contributed by atoms with van der Waals surface area (Å²) in [5, 5.41) is 14.1. The fraction of sp³-hybridized carbons (Fsp3) is 0.500. The number of benzene rings is 2.